The lowest BCUT2D eigenvalue weighted by Crippen LogP contribution is -2.11. The summed E-state index contributed by atoms with van der Waals surface area (Å²) in [5.41, 5.74) is 0.174. The Hall–Kier alpha value is -3.48. The molecule has 3 rings (SSSR count). The summed E-state index contributed by atoms with van der Waals surface area (Å²) in [5.74, 6) is 0. The minimum absolute atomic E-state index is 0.0485. The number of hydrogen-bond donors (Lipinski definition) is 1. The first-order chi connectivity index (χ1) is 14.8. The lowest BCUT2D eigenvalue weighted by atomic mass is 10.0. The van der Waals surface area contributed by atoms with E-state index >= 15 is 0 Å². The van der Waals surface area contributed by atoms with Crippen LogP contribution in [0.25, 0.3) is 11.3 Å². The zero-order chi connectivity index (χ0) is 23.7. The number of halogens is 6. The first kappa shape index (κ1) is 23.2. The molecule has 0 aliphatic heterocycles. The number of alkyl halides is 6. The van der Waals surface area contributed by atoms with Gasteiger partial charge >= 0.3 is 12.4 Å². The molecular weight excluding hydrogens is 462 g/mol. The molecule has 13 heteroatoms. The second kappa shape index (κ2) is 8.57. The van der Waals surface area contributed by atoms with Crippen molar-refractivity contribution >= 4 is 27.9 Å². The van der Waals surface area contributed by atoms with E-state index < -0.39 is 28.4 Å². The molecule has 0 saturated carbocycles. The number of thiazole rings is 1. The van der Waals surface area contributed by atoms with Crippen molar-refractivity contribution in [2.24, 2.45) is 5.10 Å². The van der Waals surface area contributed by atoms with Crippen molar-refractivity contribution in [3.05, 3.63) is 74.6 Å². The number of nitrogens with one attached hydrogen (secondary N) is 1. The van der Waals surface area contributed by atoms with Gasteiger partial charge in [0.1, 0.15) is 0 Å². The monoisotopic (exact) mass is 474 g/mol. The summed E-state index contributed by atoms with van der Waals surface area (Å²) in [6.07, 6.45) is -9.92. The van der Waals surface area contributed by atoms with Crippen LogP contribution in [0, 0.1) is 10.1 Å². The van der Waals surface area contributed by atoms with E-state index in [9.17, 15) is 36.5 Å². The van der Waals surface area contributed by atoms with Crippen LogP contribution in [0.2, 0.25) is 0 Å². The van der Waals surface area contributed by atoms with Crippen LogP contribution in [0.4, 0.5) is 37.2 Å². The van der Waals surface area contributed by atoms with Gasteiger partial charge in [-0.15, -0.1) is 11.3 Å². The van der Waals surface area contributed by atoms with Gasteiger partial charge in [0.25, 0.3) is 5.69 Å². The maximum Gasteiger partial charge on any atom is 0.416 e. The van der Waals surface area contributed by atoms with Crippen LogP contribution >= 0.6 is 11.3 Å². The Morgan fingerprint density at radius 2 is 1.59 bits per heavy atom. The first-order valence-electron chi connectivity index (χ1n) is 8.65. The summed E-state index contributed by atoms with van der Waals surface area (Å²) in [4.78, 5) is 14.1. The largest absolute Gasteiger partial charge is 0.416 e. The van der Waals surface area contributed by atoms with E-state index in [0.717, 1.165) is 11.3 Å². The molecule has 0 atom stereocenters. The third kappa shape index (κ3) is 5.41. The van der Waals surface area contributed by atoms with E-state index in [1.165, 1.54) is 29.6 Å². The van der Waals surface area contributed by atoms with Gasteiger partial charge < -0.3 is 0 Å². The Bertz CT molecular complexity index is 1140. The zero-order valence-corrected chi connectivity index (χ0v) is 16.8. The molecule has 0 spiro atoms. The smallest absolute Gasteiger partial charge is 0.258 e. The van der Waals surface area contributed by atoms with Crippen LogP contribution in [-0.4, -0.2) is 15.6 Å². The molecular formula is C19H12F6N4O2S. The SMILES string of the molecule is C/C(=N\Nc1nc(-c2cc(C(F)(F)F)cc(C(F)(F)F)c2)cs1)c1ccc([N+](=O)[O-])cc1. The predicted molar refractivity (Wildman–Crippen MR) is 106 cm³/mol. The average molecular weight is 474 g/mol. The highest BCUT2D eigenvalue weighted by Gasteiger charge is 2.37. The van der Waals surface area contributed by atoms with E-state index in [1.807, 2.05) is 0 Å². The van der Waals surface area contributed by atoms with Crippen molar-refractivity contribution in [3.63, 3.8) is 0 Å². The van der Waals surface area contributed by atoms with E-state index in [4.69, 9.17) is 0 Å². The van der Waals surface area contributed by atoms with Gasteiger partial charge in [-0.05, 0) is 42.8 Å². The second-order valence-electron chi connectivity index (χ2n) is 6.45. The van der Waals surface area contributed by atoms with Gasteiger partial charge in [-0.2, -0.15) is 31.4 Å². The van der Waals surface area contributed by atoms with Crippen molar-refractivity contribution in [1.29, 1.82) is 0 Å². The molecule has 1 N–H and O–H groups in total. The standard InChI is InChI=1S/C19H12F6N4O2S/c1-10(11-2-4-15(5-3-11)29(30)31)27-28-17-26-16(9-32-17)12-6-13(18(20,21)22)8-14(7-12)19(23,24)25/h2-9H,1H3,(H,26,28)/b27-10+. The number of anilines is 1. The van der Waals surface area contributed by atoms with E-state index in [0.29, 0.717) is 23.4 Å². The van der Waals surface area contributed by atoms with Crippen molar-refractivity contribution in [1.82, 2.24) is 4.98 Å². The Morgan fingerprint density at radius 1 is 1.03 bits per heavy atom. The first-order valence-corrected chi connectivity index (χ1v) is 9.53. The molecule has 0 unspecified atom stereocenters. The van der Waals surface area contributed by atoms with Crippen molar-refractivity contribution in [3.8, 4) is 11.3 Å². The van der Waals surface area contributed by atoms with Gasteiger partial charge in [0.05, 0.1) is 27.5 Å². The van der Waals surface area contributed by atoms with Gasteiger partial charge in [-0.1, -0.05) is 0 Å². The molecule has 1 heterocycles. The summed E-state index contributed by atoms with van der Waals surface area (Å²) < 4.78 is 78.3. The van der Waals surface area contributed by atoms with E-state index in [-0.39, 0.29) is 28.1 Å². The number of nitrogens with zero attached hydrogens (tertiary/aromatic N) is 3. The average Bonchev–Trinajstić information content (AvgIpc) is 3.19. The fourth-order valence-electron chi connectivity index (χ4n) is 2.58. The quantitative estimate of drug-likeness (QED) is 0.196. The van der Waals surface area contributed by atoms with Gasteiger partial charge in [0, 0.05) is 23.1 Å². The number of non-ortho nitro benzene ring substituents is 1. The number of hydrogen-bond acceptors (Lipinski definition) is 6. The van der Waals surface area contributed by atoms with Crippen LogP contribution in [0.1, 0.15) is 23.6 Å². The molecule has 0 aliphatic carbocycles. The summed E-state index contributed by atoms with van der Waals surface area (Å²) in [6, 6.07) is 6.79. The predicted octanol–water partition coefficient (Wildman–Crippen LogP) is 6.59. The molecule has 0 aliphatic rings. The lowest BCUT2D eigenvalue weighted by molar-refractivity contribution is -0.384. The molecule has 0 amide bonds. The Kier molecular flexibility index (Phi) is 6.21. The molecule has 6 nitrogen and oxygen atoms in total. The molecule has 2 aromatic carbocycles. The molecule has 0 bridgehead atoms. The highest BCUT2D eigenvalue weighted by Crippen LogP contribution is 2.39. The topological polar surface area (TPSA) is 80.4 Å². The summed E-state index contributed by atoms with van der Waals surface area (Å²) in [7, 11) is 0. The van der Waals surface area contributed by atoms with Crippen LogP contribution < -0.4 is 5.43 Å². The van der Waals surface area contributed by atoms with Gasteiger partial charge in [-0.3, -0.25) is 15.5 Å². The number of benzene rings is 2. The van der Waals surface area contributed by atoms with Crippen LogP contribution in [0.3, 0.4) is 0 Å². The number of hydrazone groups is 1. The summed E-state index contributed by atoms with van der Waals surface area (Å²) in [6.45, 7) is 1.60. The maximum atomic E-state index is 13.0. The van der Waals surface area contributed by atoms with Crippen LogP contribution in [-0.2, 0) is 12.4 Å². The third-order valence-corrected chi connectivity index (χ3v) is 4.95. The van der Waals surface area contributed by atoms with E-state index in [1.54, 1.807) is 6.92 Å². The molecule has 168 valence electrons. The molecule has 0 radical (unpaired) electrons. The highest BCUT2D eigenvalue weighted by molar-refractivity contribution is 7.14. The van der Waals surface area contributed by atoms with Crippen molar-refractivity contribution in [2.45, 2.75) is 19.3 Å². The van der Waals surface area contributed by atoms with E-state index in [2.05, 4.69) is 15.5 Å². The molecule has 0 saturated heterocycles. The summed E-state index contributed by atoms with van der Waals surface area (Å²) in [5, 5.41) is 16.2. The normalized spacial score (nSPS) is 12.7. The van der Waals surface area contributed by atoms with Gasteiger partial charge in [0.15, 0.2) is 0 Å². The highest BCUT2D eigenvalue weighted by atomic mass is 32.1. The fraction of sp³-hybridized carbons (Fsp3) is 0.158. The van der Waals surface area contributed by atoms with Crippen molar-refractivity contribution in [2.75, 3.05) is 5.43 Å². The van der Waals surface area contributed by atoms with Gasteiger partial charge in [0.2, 0.25) is 5.13 Å². The molecule has 1 aromatic heterocycles. The molecule has 0 fully saturated rings. The Morgan fingerprint density at radius 3 is 2.09 bits per heavy atom. The van der Waals surface area contributed by atoms with Gasteiger partial charge in [-0.25, -0.2) is 4.98 Å². The maximum absolute atomic E-state index is 13.0. The number of rotatable bonds is 5. The Labute approximate surface area is 180 Å². The molecule has 32 heavy (non-hydrogen) atoms. The third-order valence-electron chi connectivity index (χ3n) is 4.20. The second-order valence-corrected chi connectivity index (χ2v) is 7.30. The number of nitro groups is 1. The lowest BCUT2D eigenvalue weighted by Gasteiger charge is -2.13. The van der Waals surface area contributed by atoms with Crippen LogP contribution in [0.5, 0.6) is 0 Å². The molecule has 3 aromatic rings. The van der Waals surface area contributed by atoms with Crippen LogP contribution in [0.15, 0.2) is 52.9 Å². The Balaban J connectivity index is 1.85. The minimum atomic E-state index is -4.96. The zero-order valence-electron chi connectivity index (χ0n) is 16.0. The number of aromatic nitrogens is 1. The minimum Gasteiger partial charge on any atom is -0.258 e. The fourth-order valence-corrected chi connectivity index (χ4v) is 3.24. The number of nitro benzene ring substituents is 1. The summed E-state index contributed by atoms with van der Waals surface area (Å²) >= 11 is 0.934. The van der Waals surface area contributed by atoms with Crippen molar-refractivity contribution < 1.29 is 31.3 Å².